The van der Waals surface area contributed by atoms with Gasteiger partial charge >= 0.3 is 0 Å². The van der Waals surface area contributed by atoms with Crippen molar-refractivity contribution in [1.29, 1.82) is 0 Å². The molecule has 42 heavy (non-hydrogen) atoms. The van der Waals surface area contributed by atoms with Crippen LogP contribution in [0.4, 0.5) is 10.1 Å². The Hall–Kier alpha value is -3.43. The average Bonchev–Trinajstić information content (AvgIpc) is 2.99. The van der Waals surface area contributed by atoms with Crippen molar-refractivity contribution in [3.63, 3.8) is 0 Å². The highest BCUT2D eigenvalue weighted by atomic mass is 35.5. The summed E-state index contributed by atoms with van der Waals surface area (Å²) in [6.07, 6.45) is 5.27. The fourth-order valence-corrected chi connectivity index (χ4v) is 6.99. The number of hydrogen-bond acceptors (Lipinski definition) is 4. The molecule has 1 saturated carbocycles. The highest BCUT2D eigenvalue weighted by Crippen LogP contribution is 2.30. The van der Waals surface area contributed by atoms with E-state index in [1.54, 1.807) is 49.4 Å². The Kier molecular flexibility index (Phi) is 10.6. The number of carbonyl (C=O) groups excluding carboxylic acids is 2. The van der Waals surface area contributed by atoms with E-state index in [1.807, 2.05) is 6.92 Å². The van der Waals surface area contributed by atoms with Crippen LogP contribution in [0.1, 0.15) is 56.6 Å². The molecule has 2 amide bonds. The predicted molar refractivity (Wildman–Crippen MR) is 163 cm³/mol. The average molecular weight is 614 g/mol. The Bertz CT molecular complexity index is 1480. The number of aryl methyl sites for hydroxylation is 1. The van der Waals surface area contributed by atoms with Gasteiger partial charge in [0.2, 0.25) is 11.8 Å². The number of halogens is 2. The first kappa shape index (κ1) is 31.5. The van der Waals surface area contributed by atoms with Crippen LogP contribution in [0, 0.1) is 12.7 Å². The first-order valence-corrected chi connectivity index (χ1v) is 16.1. The van der Waals surface area contributed by atoms with E-state index in [0.29, 0.717) is 22.6 Å². The van der Waals surface area contributed by atoms with Crippen LogP contribution in [-0.2, 0) is 26.2 Å². The third-order valence-corrected chi connectivity index (χ3v) is 9.66. The molecule has 4 rings (SSSR count). The van der Waals surface area contributed by atoms with Crippen molar-refractivity contribution in [2.24, 2.45) is 0 Å². The van der Waals surface area contributed by atoms with Crippen LogP contribution in [0.2, 0.25) is 5.02 Å². The quantitative estimate of drug-likeness (QED) is 0.277. The molecule has 224 valence electrons. The van der Waals surface area contributed by atoms with Crippen molar-refractivity contribution in [3.8, 4) is 0 Å². The summed E-state index contributed by atoms with van der Waals surface area (Å²) in [4.78, 5) is 29.2. The number of nitrogens with zero attached hydrogens (tertiary/aromatic N) is 2. The molecule has 1 fully saturated rings. The summed E-state index contributed by atoms with van der Waals surface area (Å²) in [5.74, 6) is -1.27. The summed E-state index contributed by atoms with van der Waals surface area (Å²) in [5.41, 5.74) is 1.49. The molecule has 0 heterocycles. The lowest BCUT2D eigenvalue weighted by Gasteiger charge is -2.34. The first-order valence-electron chi connectivity index (χ1n) is 14.3. The summed E-state index contributed by atoms with van der Waals surface area (Å²) in [7, 11) is -4.20. The van der Waals surface area contributed by atoms with Crippen molar-refractivity contribution in [1.82, 2.24) is 10.2 Å². The minimum atomic E-state index is -4.20. The zero-order valence-electron chi connectivity index (χ0n) is 23.9. The predicted octanol–water partition coefficient (Wildman–Crippen LogP) is 6.24. The Morgan fingerprint density at radius 3 is 2.31 bits per heavy atom. The van der Waals surface area contributed by atoms with Crippen LogP contribution in [0.5, 0.6) is 0 Å². The maximum absolute atomic E-state index is 14.2. The zero-order chi connectivity index (χ0) is 30.3. The third kappa shape index (κ3) is 7.69. The molecule has 0 aliphatic heterocycles. The molecule has 3 aromatic rings. The minimum absolute atomic E-state index is 0.00343. The molecule has 1 atom stereocenters. The molecule has 3 aromatic carbocycles. The Morgan fingerprint density at radius 1 is 1.00 bits per heavy atom. The van der Waals surface area contributed by atoms with Crippen LogP contribution in [0.15, 0.2) is 77.7 Å². The molecular weight excluding hydrogens is 577 g/mol. The standard InChI is InChI=1S/C32H37ClFN3O4S/c1-3-29(32(39)35-27-10-6-4-7-11-27)36(21-24-15-18-26(34)19-16-24)31(38)22-37(30-20-25(33)17-14-23(30)2)42(40,41)28-12-8-5-9-13-28/h5,8-9,12-20,27,29H,3-4,6-7,10-11,21-22H2,1-2H3,(H,35,39)/t29-/m0/s1. The van der Waals surface area contributed by atoms with Crippen molar-refractivity contribution in [2.45, 2.75) is 75.9 Å². The number of anilines is 1. The molecule has 7 nitrogen and oxygen atoms in total. The number of amides is 2. The lowest BCUT2D eigenvalue weighted by atomic mass is 9.95. The van der Waals surface area contributed by atoms with Crippen molar-refractivity contribution in [3.05, 3.63) is 94.8 Å². The molecule has 10 heteroatoms. The van der Waals surface area contributed by atoms with Gasteiger partial charge in [-0.25, -0.2) is 12.8 Å². The molecule has 1 N–H and O–H groups in total. The fraction of sp³-hybridized carbons (Fsp3) is 0.375. The SMILES string of the molecule is CC[C@@H](C(=O)NC1CCCCC1)N(Cc1ccc(F)cc1)C(=O)CN(c1cc(Cl)ccc1C)S(=O)(=O)c1ccccc1. The van der Waals surface area contributed by atoms with Gasteiger partial charge in [0.05, 0.1) is 10.6 Å². The van der Waals surface area contributed by atoms with Crippen LogP contribution in [0.3, 0.4) is 0 Å². The molecule has 1 aliphatic carbocycles. The van der Waals surface area contributed by atoms with E-state index in [0.717, 1.165) is 36.4 Å². The molecule has 0 saturated heterocycles. The molecule has 1 aliphatic rings. The van der Waals surface area contributed by atoms with E-state index >= 15 is 0 Å². The Balaban J connectivity index is 1.72. The van der Waals surface area contributed by atoms with E-state index < -0.39 is 34.3 Å². The minimum Gasteiger partial charge on any atom is -0.352 e. The molecule has 0 aromatic heterocycles. The van der Waals surface area contributed by atoms with Crippen LogP contribution >= 0.6 is 11.6 Å². The summed E-state index contributed by atoms with van der Waals surface area (Å²) in [6.45, 7) is 3.00. The number of rotatable bonds is 11. The second-order valence-electron chi connectivity index (χ2n) is 10.7. The van der Waals surface area contributed by atoms with Crippen molar-refractivity contribution in [2.75, 3.05) is 10.8 Å². The molecule has 0 unspecified atom stereocenters. The topological polar surface area (TPSA) is 86.8 Å². The van der Waals surface area contributed by atoms with E-state index in [9.17, 15) is 22.4 Å². The van der Waals surface area contributed by atoms with Gasteiger partial charge in [0.15, 0.2) is 0 Å². The number of carbonyl (C=O) groups is 2. The fourth-order valence-electron chi connectivity index (χ4n) is 5.33. The monoisotopic (exact) mass is 613 g/mol. The maximum atomic E-state index is 14.2. The van der Waals surface area contributed by atoms with Crippen molar-refractivity contribution < 1.29 is 22.4 Å². The lowest BCUT2D eigenvalue weighted by Crippen LogP contribution is -2.54. The van der Waals surface area contributed by atoms with Gasteiger partial charge in [0.1, 0.15) is 18.4 Å². The molecule has 0 bridgehead atoms. The van der Waals surface area contributed by atoms with Crippen LogP contribution in [0.25, 0.3) is 0 Å². The Morgan fingerprint density at radius 2 is 1.67 bits per heavy atom. The molecule has 0 spiro atoms. The van der Waals surface area contributed by atoms with E-state index in [1.165, 1.54) is 35.2 Å². The smallest absolute Gasteiger partial charge is 0.264 e. The number of hydrogen-bond donors (Lipinski definition) is 1. The second-order valence-corrected chi connectivity index (χ2v) is 13.0. The maximum Gasteiger partial charge on any atom is 0.264 e. The summed E-state index contributed by atoms with van der Waals surface area (Å²) in [5, 5.41) is 3.43. The van der Waals surface area contributed by atoms with Gasteiger partial charge in [-0.05, 0) is 73.7 Å². The van der Waals surface area contributed by atoms with Gasteiger partial charge in [-0.15, -0.1) is 0 Å². The summed E-state index contributed by atoms with van der Waals surface area (Å²) < 4.78 is 42.7. The van der Waals surface area contributed by atoms with E-state index in [4.69, 9.17) is 11.6 Å². The third-order valence-electron chi connectivity index (χ3n) is 7.65. The van der Waals surface area contributed by atoms with E-state index in [-0.39, 0.29) is 29.1 Å². The van der Waals surface area contributed by atoms with E-state index in [2.05, 4.69) is 5.32 Å². The molecule has 0 radical (unpaired) electrons. The van der Waals surface area contributed by atoms with Gasteiger partial charge in [0.25, 0.3) is 10.0 Å². The first-order chi connectivity index (χ1) is 20.1. The highest BCUT2D eigenvalue weighted by Gasteiger charge is 2.35. The van der Waals surface area contributed by atoms with Gasteiger partial charge in [0, 0.05) is 17.6 Å². The van der Waals surface area contributed by atoms with Crippen LogP contribution in [-0.4, -0.2) is 43.8 Å². The van der Waals surface area contributed by atoms with Gasteiger partial charge in [-0.2, -0.15) is 0 Å². The summed E-state index contributed by atoms with van der Waals surface area (Å²) in [6, 6.07) is 17.6. The van der Waals surface area contributed by atoms with Gasteiger partial charge in [-0.3, -0.25) is 13.9 Å². The highest BCUT2D eigenvalue weighted by molar-refractivity contribution is 7.92. The Labute approximate surface area is 252 Å². The normalized spacial score (nSPS) is 14.7. The van der Waals surface area contributed by atoms with Gasteiger partial charge < -0.3 is 10.2 Å². The zero-order valence-corrected chi connectivity index (χ0v) is 25.5. The van der Waals surface area contributed by atoms with Gasteiger partial charge in [-0.1, -0.05) is 74.2 Å². The largest absolute Gasteiger partial charge is 0.352 e. The molecular formula is C32H37ClFN3O4S. The summed E-state index contributed by atoms with van der Waals surface area (Å²) >= 11 is 6.28. The van der Waals surface area contributed by atoms with Crippen molar-refractivity contribution >= 4 is 39.1 Å². The number of nitrogens with one attached hydrogen (secondary N) is 1. The lowest BCUT2D eigenvalue weighted by molar-refractivity contribution is -0.140. The second kappa shape index (κ2) is 14.2. The van der Waals surface area contributed by atoms with Crippen LogP contribution < -0.4 is 9.62 Å². The number of sulfonamides is 1. The number of benzene rings is 3.